The van der Waals surface area contributed by atoms with Crippen molar-refractivity contribution in [3.8, 4) is 0 Å². The van der Waals surface area contributed by atoms with E-state index in [0.29, 0.717) is 5.11 Å². The van der Waals surface area contributed by atoms with Gasteiger partial charge in [0.1, 0.15) is 0 Å². The molecule has 1 heterocycles. The standard InChI is InChI=1S/C21H26N4OS/c1-16-8-10-19(11-9-16)22-21(27)24-23-17(2)20(18-6-4-3-5-7-18)25-12-14-26-15-13-25/h3-11,20H,12-15H2,1-2H3,(H2,22,24,27)/b23-17-/t20-/m1/s1. The number of aryl methyl sites for hydroxylation is 1. The van der Waals surface area contributed by atoms with E-state index >= 15 is 0 Å². The Morgan fingerprint density at radius 2 is 1.74 bits per heavy atom. The van der Waals surface area contributed by atoms with E-state index in [0.717, 1.165) is 37.7 Å². The Hall–Kier alpha value is -2.28. The Morgan fingerprint density at radius 1 is 1.07 bits per heavy atom. The average Bonchev–Trinajstić information content (AvgIpc) is 2.70. The molecule has 0 radical (unpaired) electrons. The molecule has 1 atom stereocenters. The number of nitrogens with one attached hydrogen (secondary N) is 2. The molecule has 1 aliphatic rings. The molecule has 0 bridgehead atoms. The second-order valence-corrected chi connectivity index (χ2v) is 7.05. The van der Waals surface area contributed by atoms with Gasteiger partial charge in [-0.25, -0.2) is 0 Å². The highest BCUT2D eigenvalue weighted by Gasteiger charge is 2.25. The molecule has 3 rings (SSSR count). The highest BCUT2D eigenvalue weighted by molar-refractivity contribution is 7.80. The summed E-state index contributed by atoms with van der Waals surface area (Å²) in [6.07, 6.45) is 0. The normalized spacial score (nSPS) is 16.6. The van der Waals surface area contributed by atoms with Crippen LogP contribution in [-0.4, -0.2) is 42.0 Å². The maximum Gasteiger partial charge on any atom is 0.191 e. The van der Waals surface area contributed by atoms with Crippen LogP contribution in [0, 0.1) is 6.92 Å². The van der Waals surface area contributed by atoms with Crippen LogP contribution in [0.15, 0.2) is 59.7 Å². The van der Waals surface area contributed by atoms with Gasteiger partial charge in [0.15, 0.2) is 5.11 Å². The van der Waals surface area contributed by atoms with Crippen molar-refractivity contribution in [2.45, 2.75) is 19.9 Å². The molecule has 5 nitrogen and oxygen atoms in total. The van der Waals surface area contributed by atoms with Crippen molar-refractivity contribution < 1.29 is 4.74 Å². The van der Waals surface area contributed by atoms with Crippen LogP contribution in [-0.2, 0) is 4.74 Å². The monoisotopic (exact) mass is 382 g/mol. The van der Waals surface area contributed by atoms with E-state index in [1.807, 2.05) is 37.3 Å². The SMILES string of the molecule is C/C(=N/NC(=S)Nc1ccc(C)cc1)[C@H](c1ccccc1)N1CCOCC1. The maximum absolute atomic E-state index is 5.51. The summed E-state index contributed by atoms with van der Waals surface area (Å²) in [5, 5.41) is 8.21. The van der Waals surface area contributed by atoms with Crippen molar-refractivity contribution in [1.29, 1.82) is 0 Å². The van der Waals surface area contributed by atoms with Crippen molar-refractivity contribution in [2.24, 2.45) is 5.10 Å². The summed E-state index contributed by atoms with van der Waals surface area (Å²) in [5.74, 6) is 0. The molecular formula is C21H26N4OS. The number of rotatable bonds is 5. The molecule has 0 spiro atoms. The number of hydrogen-bond donors (Lipinski definition) is 2. The van der Waals surface area contributed by atoms with Crippen LogP contribution in [0.5, 0.6) is 0 Å². The van der Waals surface area contributed by atoms with Gasteiger partial charge in [-0.2, -0.15) is 5.10 Å². The Morgan fingerprint density at radius 3 is 2.41 bits per heavy atom. The van der Waals surface area contributed by atoms with E-state index in [-0.39, 0.29) is 6.04 Å². The van der Waals surface area contributed by atoms with Crippen LogP contribution in [0.3, 0.4) is 0 Å². The van der Waals surface area contributed by atoms with E-state index < -0.39 is 0 Å². The third-order valence-corrected chi connectivity index (χ3v) is 4.76. The van der Waals surface area contributed by atoms with Crippen LogP contribution in [0.2, 0.25) is 0 Å². The first-order valence-corrected chi connectivity index (χ1v) is 9.59. The molecule has 1 fully saturated rings. The van der Waals surface area contributed by atoms with Crippen LogP contribution < -0.4 is 10.7 Å². The second kappa shape index (κ2) is 9.60. The Bertz CT molecular complexity index is 771. The minimum absolute atomic E-state index is 0.102. The van der Waals surface area contributed by atoms with Gasteiger partial charge >= 0.3 is 0 Å². The first-order valence-electron chi connectivity index (χ1n) is 9.18. The highest BCUT2D eigenvalue weighted by atomic mass is 32.1. The van der Waals surface area contributed by atoms with Gasteiger partial charge in [-0.3, -0.25) is 10.3 Å². The van der Waals surface area contributed by atoms with Gasteiger partial charge in [-0.05, 0) is 43.8 Å². The molecule has 27 heavy (non-hydrogen) atoms. The molecule has 2 N–H and O–H groups in total. The number of ether oxygens (including phenoxy) is 1. The molecule has 2 aromatic carbocycles. The highest BCUT2D eigenvalue weighted by Crippen LogP contribution is 2.23. The number of hydrazone groups is 1. The number of anilines is 1. The predicted molar refractivity (Wildman–Crippen MR) is 115 cm³/mol. The summed E-state index contributed by atoms with van der Waals surface area (Å²) in [6, 6.07) is 18.6. The van der Waals surface area contributed by atoms with E-state index in [1.54, 1.807) is 0 Å². The van der Waals surface area contributed by atoms with Crippen molar-refractivity contribution in [2.75, 3.05) is 31.6 Å². The smallest absolute Gasteiger partial charge is 0.191 e. The van der Waals surface area contributed by atoms with Crippen molar-refractivity contribution in [3.63, 3.8) is 0 Å². The summed E-state index contributed by atoms with van der Waals surface area (Å²) >= 11 is 5.38. The zero-order valence-electron chi connectivity index (χ0n) is 15.8. The molecule has 1 saturated heterocycles. The first-order chi connectivity index (χ1) is 13.1. The fourth-order valence-electron chi connectivity index (χ4n) is 3.18. The minimum atomic E-state index is 0.102. The Labute approximate surface area is 166 Å². The fraction of sp³-hybridized carbons (Fsp3) is 0.333. The molecule has 6 heteroatoms. The van der Waals surface area contributed by atoms with E-state index in [9.17, 15) is 0 Å². The predicted octanol–water partition coefficient (Wildman–Crippen LogP) is 3.73. The summed E-state index contributed by atoms with van der Waals surface area (Å²) in [4.78, 5) is 2.40. The van der Waals surface area contributed by atoms with Gasteiger partial charge in [0.05, 0.1) is 25.0 Å². The lowest BCUT2D eigenvalue weighted by atomic mass is 10.0. The third-order valence-electron chi connectivity index (χ3n) is 4.57. The third kappa shape index (κ3) is 5.60. The zero-order chi connectivity index (χ0) is 19.1. The number of morpholine rings is 1. The number of thiocarbonyl (C=S) groups is 1. The Kier molecular flexibility index (Phi) is 6.92. The maximum atomic E-state index is 5.51. The molecule has 0 saturated carbocycles. The number of nitrogens with zero attached hydrogens (tertiary/aromatic N) is 2. The second-order valence-electron chi connectivity index (χ2n) is 6.65. The molecule has 1 aliphatic heterocycles. The summed E-state index contributed by atoms with van der Waals surface area (Å²) in [6.45, 7) is 7.36. The lowest BCUT2D eigenvalue weighted by Crippen LogP contribution is -2.42. The lowest BCUT2D eigenvalue weighted by Gasteiger charge is -2.34. The summed E-state index contributed by atoms with van der Waals surface area (Å²) in [7, 11) is 0. The molecule has 0 amide bonds. The van der Waals surface area contributed by atoms with Gasteiger partial charge in [0.25, 0.3) is 0 Å². The molecule has 0 aromatic heterocycles. The van der Waals surface area contributed by atoms with Crippen LogP contribution in [0.25, 0.3) is 0 Å². The zero-order valence-corrected chi connectivity index (χ0v) is 16.6. The average molecular weight is 383 g/mol. The number of hydrogen-bond acceptors (Lipinski definition) is 4. The first kappa shape index (κ1) is 19.5. The van der Waals surface area contributed by atoms with E-state index in [4.69, 9.17) is 17.0 Å². The largest absolute Gasteiger partial charge is 0.379 e. The van der Waals surface area contributed by atoms with Gasteiger partial charge in [0.2, 0.25) is 0 Å². The topological polar surface area (TPSA) is 48.9 Å². The van der Waals surface area contributed by atoms with Gasteiger partial charge in [-0.1, -0.05) is 48.0 Å². The molecule has 142 valence electrons. The van der Waals surface area contributed by atoms with Crippen molar-refractivity contribution >= 4 is 28.7 Å². The molecule has 0 unspecified atom stereocenters. The molecular weight excluding hydrogens is 356 g/mol. The van der Waals surface area contributed by atoms with Crippen LogP contribution in [0.1, 0.15) is 24.1 Å². The number of benzene rings is 2. The summed E-state index contributed by atoms with van der Waals surface area (Å²) < 4.78 is 5.51. The molecule has 2 aromatic rings. The molecule has 0 aliphatic carbocycles. The Balaban J connectivity index is 1.69. The van der Waals surface area contributed by atoms with Crippen molar-refractivity contribution in [1.82, 2.24) is 10.3 Å². The quantitative estimate of drug-likeness (QED) is 0.469. The van der Waals surface area contributed by atoms with Gasteiger partial charge in [-0.15, -0.1) is 0 Å². The van der Waals surface area contributed by atoms with Crippen LogP contribution in [0.4, 0.5) is 5.69 Å². The minimum Gasteiger partial charge on any atom is -0.379 e. The summed E-state index contributed by atoms with van der Waals surface area (Å²) in [5.41, 5.74) is 7.33. The van der Waals surface area contributed by atoms with E-state index in [2.05, 4.69) is 51.9 Å². The van der Waals surface area contributed by atoms with Crippen LogP contribution >= 0.6 is 12.2 Å². The van der Waals surface area contributed by atoms with Crippen molar-refractivity contribution in [3.05, 3.63) is 65.7 Å². The van der Waals surface area contributed by atoms with Gasteiger partial charge in [0, 0.05) is 18.8 Å². The van der Waals surface area contributed by atoms with Gasteiger partial charge < -0.3 is 10.1 Å². The van der Waals surface area contributed by atoms with E-state index in [1.165, 1.54) is 11.1 Å². The lowest BCUT2D eigenvalue weighted by molar-refractivity contribution is 0.0285. The fourth-order valence-corrected chi connectivity index (χ4v) is 3.35.